The molecule has 0 radical (unpaired) electrons. The number of rotatable bonds is 5. The van der Waals surface area contributed by atoms with Crippen molar-refractivity contribution in [1.82, 2.24) is 5.32 Å². The van der Waals surface area contributed by atoms with E-state index < -0.39 is 10.7 Å². The van der Waals surface area contributed by atoms with Crippen LogP contribution in [0.1, 0.15) is 48.8 Å². The molecule has 1 heterocycles. The number of halogens is 1. The van der Waals surface area contributed by atoms with Crippen LogP contribution in [0.4, 0.5) is 10.1 Å². The summed E-state index contributed by atoms with van der Waals surface area (Å²) in [6.07, 6.45) is 4.85. The number of carbonyl (C=O) groups is 2. The van der Waals surface area contributed by atoms with Crippen molar-refractivity contribution >= 4 is 27.7 Å². The fraction of sp³-hybridized carbons (Fsp3) is 0.400. The molecule has 4 rings (SSSR count). The van der Waals surface area contributed by atoms with E-state index in [0.29, 0.717) is 41.7 Å². The van der Waals surface area contributed by atoms with Crippen molar-refractivity contribution in [2.75, 3.05) is 4.90 Å². The minimum Gasteiger partial charge on any atom is -0.340 e. The zero-order chi connectivity index (χ0) is 23.6. The van der Waals surface area contributed by atoms with Crippen molar-refractivity contribution in [3.63, 3.8) is 0 Å². The van der Waals surface area contributed by atoms with Gasteiger partial charge in [0.2, 0.25) is 11.8 Å². The summed E-state index contributed by atoms with van der Waals surface area (Å²) in [5.41, 5.74) is 8.99. The smallest absolute Gasteiger partial charge is 0.241 e. The Kier molecular flexibility index (Phi) is 6.37. The first-order chi connectivity index (χ1) is 15.7. The highest BCUT2D eigenvalue weighted by molar-refractivity contribution is 6.19. The highest BCUT2D eigenvalue weighted by Crippen LogP contribution is 2.29. The Morgan fingerprint density at radius 2 is 1.88 bits per heavy atom. The van der Waals surface area contributed by atoms with Crippen molar-refractivity contribution in [1.29, 1.82) is 5.26 Å². The summed E-state index contributed by atoms with van der Waals surface area (Å²) in [6, 6.07) is 14.1. The summed E-state index contributed by atoms with van der Waals surface area (Å²) in [6.45, 7) is 0.413. The monoisotopic (exact) mass is 464 g/mol. The van der Waals surface area contributed by atoms with Crippen LogP contribution in [-0.2, 0) is 29.0 Å². The van der Waals surface area contributed by atoms with Crippen LogP contribution >= 0.6 is 0 Å². The summed E-state index contributed by atoms with van der Waals surface area (Å²) in [4.78, 5) is 27.3. The van der Waals surface area contributed by atoms with Crippen LogP contribution < -0.4 is 16.0 Å². The summed E-state index contributed by atoms with van der Waals surface area (Å²) in [5, 5.41) is 11.9. The standard InChI is InChI=1S/C25H29FN4O2Si/c26-20-6-8-21(9-7-20)30-15-18-5-4-17(12-19(18)13-22(30)31)14-25(33,16-27)29-23(32)24(28)10-2-1-3-11-24/h4-9,12H,1-3,10-11,13-15,28H2,33H3,(H,29,32)/t25-/m0/s1. The lowest BCUT2D eigenvalue weighted by Gasteiger charge is -2.35. The predicted molar refractivity (Wildman–Crippen MR) is 128 cm³/mol. The average molecular weight is 465 g/mol. The lowest BCUT2D eigenvalue weighted by atomic mass is 9.81. The van der Waals surface area contributed by atoms with Gasteiger partial charge in [-0.15, -0.1) is 0 Å². The number of nitrogens with one attached hydrogen (secondary N) is 1. The second-order valence-corrected chi connectivity index (χ2v) is 11.2. The SMILES string of the molecule is N#C[C@@]([SiH3])(Cc1ccc2c(c1)CC(=O)N(c1ccc(F)cc1)C2)NC(=O)C1(N)CCCCC1. The quantitative estimate of drug-likeness (QED) is 0.660. The molecule has 172 valence electrons. The second kappa shape index (κ2) is 9.08. The number of fused-ring (bicyclic) bond motifs is 1. The summed E-state index contributed by atoms with van der Waals surface area (Å²) < 4.78 is 13.2. The molecule has 0 saturated heterocycles. The number of nitriles is 1. The first-order valence-corrected chi connectivity index (χ1v) is 12.4. The van der Waals surface area contributed by atoms with Crippen LogP contribution in [0, 0.1) is 17.1 Å². The van der Waals surface area contributed by atoms with E-state index in [-0.39, 0.29) is 24.1 Å². The van der Waals surface area contributed by atoms with Crippen LogP contribution in [0.2, 0.25) is 0 Å². The Morgan fingerprint density at radius 1 is 1.18 bits per heavy atom. The number of carbonyl (C=O) groups excluding carboxylic acids is 2. The van der Waals surface area contributed by atoms with Gasteiger partial charge in [-0.3, -0.25) is 9.59 Å². The van der Waals surface area contributed by atoms with Crippen molar-refractivity contribution in [3.8, 4) is 6.07 Å². The third-order valence-corrected chi connectivity index (χ3v) is 7.60. The van der Waals surface area contributed by atoms with E-state index in [2.05, 4.69) is 11.4 Å². The molecule has 33 heavy (non-hydrogen) atoms. The van der Waals surface area contributed by atoms with Gasteiger partial charge in [0.25, 0.3) is 0 Å². The van der Waals surface area contributed by atoms with Crippen LogP contribution in [-0.4, -0.2) is 32.8 Å². The number of nitrogens with zero attached hydrogens (tertiary/aromatic N) is 2. The molecule has 2 aromatic rings. The molecule has 2 aliphatic rings. The van der Waals surface area contributed by atoms with Gasteiger partial charge in [-0.25, -0.2) is 4.39 Å². The molecular formula is C25H29FN4O2Si. The van der Waals surface area contributed by atoms with E-state index in [9.17, 15) is 19.2 Å². The molecule has 0 bridgehead atoms. The summed E-state index contributed by atoms with van der Waals surface area (Å²) in [5.74, 6) is -0.630. The lowest BCUT2D eigenvalue weighted by molar-refractivity contribution is -0.128. The fourth-order valence-electron chi connectivity index (χ4n) is 4.79. The minimum atomic E-state index is -0.964. The molecule has 1 aliphatic heterocycles. The van der Waals surface area contributed by atoms with E-state index in [1.165, 1.54) is 12.1 Å². The second-order valence-electron chi connectivity index (χ2n) is 9.53. The van der Waals surface area contributed by atoms with Gasteiger partial charge in [0.05, 0.1) is 34.8 Å². The molecule has 0 spiro atoms. The molecule has 1 fully saturated rings. The van der Waals surface area contributed by atoms with Gasteiger partial charge in [0.15, 0.2) is 0 Å². The third-order valence-electron chi connectivity index (χ3n) is 6.77. The summed E-state index contributed by atoms with van der Waals surface area (Å²) >= 11 is 0. The first-order valence-electron chi connectivity index (χ1n) is 11.4. The Morgan fingerprint density at radius 3 is 2.55 bits per heavy atom. The Bertz CT molecular complexity index is 1110. The molecule has 0 unspecified atom stereocenters. The molecule has 3 N–H and O–H groups in total. The lowest BCUT2D eigenvalue weighted by Crippen LogP contribution is -2.61. The first kappa shape index (κ1) is 23.1. The van der Waals surface area contributed by atoms with Crippen molar-refractivity contribution in [3.05, 3.63) is 65.0 Å². The molecule has 2 aromatic carbocycles. The van der Waals surface area contributed by atoms with E-state index in [0.717, 1.165) is 36.0 Å². The van der Waals surface area contributed by atoms with Crippen molar-refractivity contribution in [2.24, 2.45) is 5.73 Å². The molecular weight excluding hydrogens is 435 g/mol. The maximum atomic E-state index is 13.2. The van der Waals surface area contributed by atoms with E-state index in [4.69, 9.17) is 5.73 Å². The van der Waals surface area contributed by atoms with Gasteiger partial charge >= 0.3 is 0 Å². The van der Waals surface area contributed by atoms with Gasteiger partial charge in [-0.05, 0) is 53.8 Å². The fourth-order valence-corrected chi connectivity index (χ4v) is 5.42. The Labute approximate surface area is 196 Å². The van der Waals surface area contributed by atoms with Crippen molar-refractivity contribution < 1.29 is 14.0 Å². The molecule has 2 amide bonds. The van der Waals surface area contributed by atoms with Gasteiger partial charge in [0, 0.05) is 12.1 Å². The topological polar surface area (TPSA) is 99.2 Å². The number of nitrogens with two attached hydrogens (primary N) is 1. The maximum absolute atomic E-state index is 13.2. The highest BCUT2D eigenvalue weighted by Gasteiger charge is 2.39. The average Bonchev–Trinajstić information content (AvgIpc) is 2.79. The van der Waals surface area contributed by atoms with Crippen molar-refractivity contribution in [2.45, 2.75) is 62.2 Å². The number of hydrogen-bond donors (Lipinski definition) is 2. The number of hydrogen-bond acceptors (Lipinski definition) is 4. The number of amides is 2. The van der Waals surface area contributed by atoms with E-state index in [1.807, 2.05) is 18.2 Å². The van der Waals surface area contributed by atoms with E-state index >= 15 is 0 Å². The molecule has 1 atom stereocenters. The predicted octanol–water partition coefficient (Wildman–Crippen LogP) is 1.82. The zero-order valence-electron chi connectivity index (χ0n) is 18.9. The van der Waals surface area contributed by atoms with Gasteiger partial charge < -0.3 is 16.0 Å². The van der Waals surface area contributed by atoms with Gasteiger partial charge in [0.1, 0.15) is 11.0 Å². The largest absolute Gasteiger partial charge is 0.340 e. The summed E-state index contributed by atoms with van der Waals surface area (Å²) in [7, 11) is 0.443. The molecule has 8 heteroatoms. The van der Waals surface area contributed by atoms with E-state index in [1.54, 1.807) is 17.0 Å². The van der Waals surface area contributed by atoms with Gasteiger partial charge in [-0.2, -0.15) is 5.26 Å². The van der Waals surface area contributed by atoms with Crippen LogP contribution in [0.5, 0.6) is 0 Å². The van der Waals surface area contributed by atoms with Crippen LogP contribution in [0.15, 0.2) is 42.5 Å². The number of anilines is 1. The van der Waals surface area contributed by atoms with Gasteiger partial charge in [-0.1, -0.05) is 37.5 Å². The number of benzene rings is 2. The van der Waals surface area contributed by atoms with Crippen LogP contribution in [0.25, 0.3) is 0 Å². The Balaban J connectivity index is 1.49. The molecule has 1 saturated carbocycles. The molecule has 6 nitrogen and oxygen atoms in total. The molecule has 1 aliphatic carbocycles. The maximum Gasteiger partial charge on any atom is 0.241 e. The molecule has 0 aromatic heterocycles. The minimum absolute atomic E-state index is 0.0562. The zero-order valence-corrected chi connectivity index (χ0v) is 20.9. The Hall–Kier alpha value is -3.02. The van der Waals surface area contributed by atoms with Crippen LogP contribution in [0.3, 0.4) is 0 Å². The highest BCUT2D eigenvalue weighted by atomic mass is 28.1. The third kappa shape index (κ3) is 4.99. The normalized spacial score (nSPS) is 19.3.